The highest BCUT2D eigenvalue weighted by atomic mass is 16.5. The number of benzene rings is 2. The van der Waals surface area contributed by atoms with Crippen LogP contribution in [0, 0.1) is 0 Å². The number of carbonyl (C=O) groups is 1. The van der Waals surface area contributed by atoms with E-state index in [1.54, 1.807) is 30.3 Å². The lowest BCUT2D eigenvalue weighted by molar-refractivity contribution is 0.0997. The summed E-state index contributed by atoms with van der Waals surface area (Å²) in [4.78, 5) is 32.4. The van der Waals surface area contributed by atoms with Gasteiger partial charge < -0.3 is 29.7 Å². The Morgan fingerprint density at radius 3 is 2.21 bits per heavy atom. The lowest BCUT2D eigenvalue weighted by Crippen LogP contribution is -2.15. The third kappa shape index (κ3) is 3.90. The summed E-state index contributed by atoms with van der Waals surface area (Å²) in [5, 5.41) is 0. The van der Waals surface area contributed by atoms with Crippen LogP contribution in [0.3, 0.4) is 0 Å². The summed E-state index contributed by atoms with van der Waals surface area (Å²) >= 11 is 0. The van der Waals surface area contributed by atoms with Gasteiger partial charge in [-0.3, -0.25) is 9.36 Å². The van der Waals surface area contributed by atoms with E-state index in [0.717, 1.165) is 5.56 Å². The number of carbonyl (C=O) groups excluding carboxylic acids is 1. The van der Waals surface area contributed by atoms with Crippen LogP contribution in [-0.2, 0) is 0 Å². The first-order valence-electron chi connectivity index (χ1n) is 10.4. The van der Waals surface area contributed by atoms with Crippen LogP contribution in [0.15, 0.2) is 47.3 Å². The van der Waals surface area contributed by atoms with Crippen LogP contribution in [0.25, 0.3) is 28.0 Å². The standard InChI is InChI=1S/C24H24N4O6/c1-5-34-15-8-6-13(7-9-15)16-12-17-20(21(26-16)23(25)29)27-24(30)28(17)14-10-18(31-2)22(33-4)19(11-14)32-3/h6-12H,5H2,1-4H3,(H2,25,29)(H,27,30). The Hall–Kier alpha value is -4.47. The fourth-order valence-corrected chi connectivity index (χ4v) is 3.77. The van der Waals surface area contributed by atoms with Crippen molar-refractivity contribution >= 4 is 16.9 Å². The molecule has 176 valence electrons. The van der Waals surface area contributed by atoms with E-state index in [1.807, 2.05) is 19.1 Å². The van der Waals surface area contributed by atoms with Gasteiger partial charge in [0.05, 0.1) is 50.4 Å². The van der Waals surface area contributed by atoms with Gasteiger partial charge in [-0.05, 0) is 37.3 Å². The fourth-order valence-electron chi connectivity index (χ4n) is 3.77. The lowest BCUT2D eigenvalue weighted by Gasteiger charge is -2.15. The first-order valence-corrected chi connectivity index (χ1v) is 10.4. The number of rotatable bonds is 8. The second kappa shape index (κ2) is 9.18. The van der Waals surface area contributed by atoms with Gasteiger partial charge in [0.15, 0.2) is 17.2 Å². The highest BCUT2D eigenvalue weighted by Gasteiger charge is 2.21. The van der Waals surface area contributed by atoms with Crippen molar-refractivity contribution < 1.29 is 23.7 Å². The Morgan fingerprint density at radius 2 is 1.68 bits per heavy atom. The topological polar surface area (TPSA) is 131 Å². The Morgan fingerprint density at radius 1 is 1.03 bits per heavy atom. The van der Waals surface area contributed by atoms with Gasteiger partial charge in [-0.2, -0.15) is 0 Å². The number of imidazole rings is 1. The molecule has 0 aliphatic carbocycles. The van der Waals surface area contributed by atoms with Crippen LogP contribution in [-0.4, -0.2) is 48.4 Å². The summed E-state index contributed by atoms with van der Waals surface area (Å²) in [7, 11) is 4.46. The number of hydrogen-bond acceptors (Lipinski definition) is 7. The Balaban J connectivity index is 1.98. The molecule has 4 aromatic rings. The second-order valence-electron chi connectivity index (χ2n) is 7.22. The van der Waals surface area contributed by atoms with E-state index in [1.165, 1.54) is 25.9 Å². The summed E-state index contributed by atoms with van der Waals surface area (Å²) in [6, 6.07) is 12.2. The zero-order chi connectivity index (χ0) is 24.4. The molecule has 34 heavy (non-hydrogen) atoms. The number of nitrogens with two attached hydrogens (primary N) is 1. The van der Waals surface area contributed by atoms with Crippen molar-refractivity contribution in [3.8, 4) is 39.9 Å². The van der Waals surface area contributed by atoms with Gasteiger partial charge in [0, 0.05) is 17.7 Å². The molecule has 0 saturated carbocycles. The van der Waals surface area contributed by atoms with E-state index in [9.17, 15) is 9.59 Å². The molecule has 0 unspecified atom stereocenters. The molecule has 2 heterocycles. The average molecular weight is 464 g/mol. The number of amides is 1. The zero-order valence-electron chi connectivity index (χ0n) is 19.2. The number of ether oxygens (including phenoxy) is 4. The molecule has 0 saturated heterocycles. The van der Waals surface area contributed by atoms with E-state index in [-0.39, 0.29) is 11.2 Å². The summed E-state index contributed by atoms with van der Waals surface area (Å²) in [5.41, 5.74) is 7.32. The first-order chi connectivity index (χ1) is 16.4. The van der Waals surface area contributed by atoms with Crippen molar-refractivity contribution in [2.45, 2.75) is 6.92 Å². The van der Waals surface area contributed by atoms with Gasteiger partial charge >= 0.3 is 5.69 Å². The Bertz CT molecular complexity index is 1400. The highest BCUT2D eigenvalue weighted by molar-refractivity contribution is 6.03. The molecule has 3 N–H and O–H groups in total. The van der Waals surface area contributed by atoms with Crippen LogP contribution >= 0.6 is 0 Å². The third-order valence-electron chi connectivity index (χ3n) is 5.28. The minimum atomic E-state index is -0.768. The first kappa shape index (κ1) is 22.7. The molecule has 0 radical (unpaired) electrons. The van der Waals surface area contributed by atoms with Crippen LogP contribution in [0.5, 0.6) is 23.0 Å². The maximum atomic E-state index is 13.0. The predicted molar refractivity (Wildman–Crippen MR) is 126 cm³/mol. The molecule has 0 bridgehead atoms. The van der Waals surface area contributed by atoms with E-state index < -0.39 is 11.6 Å². The number of hydrogen-bond donors (Lipinski definition) is 2. The number of H-pyrrole nitrogens is 1. The minimum absolute atomic E-state index is 0.0512. The van der Waals surface area contributed by atoms with Crippen molar-refractivity contribution in [3.63, 3.8) is 0 Å². The quantitative estimate of drug-likeness (QED) is 0.410. The summed E-state index contributed by atoms with van der Waals surface area (Å²) in [5.74, 6) is 1.06. The lowest BCUT2D eigenvalue weighted by atomic mass is 10.1. The van der Waals surface area contributed by atoms with E-state index in [2.05, 4.69) is 9.97 Å². The van der Waals surface area contributed by atoms with Gasteiger partial charge in [0.25, 0.3) is 5.91 Å². The van der Waals surface area contributed by atoms with Crippen LogP contribution < -0.4 is 30.4 Å². The molecule has 0 spiro atoms. The van der Waals surface area contributed by atoms with Gasteiger partial charge in [0.2, 0.25) is 5.75 Å². The molecule has 2 aromatic heterocycles. The summed E-state index contributed by atoms with van der Waals surface area (Å²) in [6.07, 6.45) is 0. The second-order valence-corrected chi connectivity index (χ2v) is 7.22. The van der Waals surface area contributed by atoms with Gasteiger partial charge in [0.1, 0.15) is 5.75 Å². The maximum absolute atomic E-state index is 13.0. The summed E-state index contributed by atoms with van der Waals surface area (Å²) in [6.45, 7) is 2.44. The minimum Gasteiger partial charge on any atom is -0.494 e. The van der Waals surface area contributed by atoms with Crippen LogP contribution in [0.1, 0.15) is 17.4 Å². The number of aromatic nitrogens is 3. The number of primary amides is 1. The van der Waals surface area contributed by atoms with Gasteiger partial charge in [-0.25, -0.2) is 9.78 Å². The van der Waals surface area contributed by atoms with E-state index in [0.29, 0.717) is 46.5 Å². The largest absolute Gasteiger partial charge is 0.494 e. The number of methoxy groups -OCH3 is 3. The van der Waals surface area contributed by atoms with Crippen LogP contribution in [0.4, 0.5) is 0 Å². The zero-order valence-corrected chi connectivity index (χ0v) is 19.2. The van der Waals surface area contributed by atoms with Crippen molar-refractivity contribution in [2.24, 2.45) is 5.73 Å². The molecule has 10 heteroatoms. The summed E-state index contributed by atoms with van der Waals surface area (Å²) < 4.78 is 23.1. The van der Waals surface area contributed by atoms with Crippen molar-refractivity contribution in [3.05, 3.63) is 58.6 Å². The molecule has 0 aliphatic rings. The smallest absolute Gasteiger partial charge is 0.331 e. The van der Waals surface area contributed by atoms with Gasteiger partial charge in [-0.15, -0.1) is 0 Å². The van der Waals surface area contributed by atoms with Crippen LogP contribution in [0.2, 0.25) is 0 Å². The number of aromatic amines is 1. The molecule has 2 aromatic carbocycles. The molecule has 10 nitrogen and oxygen atoms in total. The van der Waals surface area contributed by atoms with Crippen molar-refractivity contribution in [1.29, 1.82) is 0 Å². The monoisotopic (exact) mass is 464 g/mol. The number of nitrogens with zero attached hydrogens (tertiary/aromatic N) is 2. The number of pyridine rings is 1. The molecular weight excluding hydrogens is 440 g/mol. The molecular formula is C24H24N4O6. The van der Waals surface area contributed by atoms with Crippen molar-refractivity contribution in [2.75, 3.05) is 27.9 Å². The predicted octanol–water partition coefficient (Wildman–Crippen LogP) is 2.90. The number of fused-ring (bicyclic) bond motifs is 1. The molecule has 4 rings (SSSR count). The third-order valence-corrected chi connectivity index (χ3v) is 5.28. The Labute approximate surface area is 194 Å². The molecule has 0 fully saturated rings. The Kier molecular flexibility index (Phi) is 6.13. The molecule has 1 amide bonds. The van der Waals surface area contributed by atoms with E-state index in [4.69, 9.17) is 24.7 Å². The fraction of sp³-hybridized carbons (Fsp3) is 0.208. The average Bonchev–Trinajstić information content (AvgIpc) is 3.18. The van der Waals surface area contributed by atoms with E-state index >= 15 is 0 Å². The maximum Gasteiger partial charge on any atom is 0.331 e. The van der Waals surface area contributed by atoms with Gasteiger partial charge in [-0.1, -0.05) is 0 Å². The highest BCUT2D eigenvalue weighted by Crippen LogP contribution is 2.39. The SMILES string of the molecule is CCOc1ccc(-c2cc3c([nH]c(=O)n3-c3cc(OC)c(OC)c(OC)c3)c(C(N)=O)n2)cc1. The number of nitrogens with one attached hydrogen (secondary N) is 1. The normalized spacial score (nSPS) is 10.8. The molecule has 0 aliphatic heterocycles. The van der Waals surface area contributed by atoms with Crippen molar-refractivity contribution in [1.82, 2.24) is 14.5 Å². The molecule has 0 atom stereocenters.